The number of nitrogen functional groups attached to an aromatic ring is 1. The first-order valence-corrected chi connectivity index (χ1v) is 4.91. The lowest BCUT2D eigenvalue weighted by Gasteiger charge is -2.08. The molecular weight excluding hydrogens is 208 g/mol. The Morgan fingerprint density at radius 3 is 3.00 bits per heavy atom. The SMILES string of the molecule is Cc1cnc(NCCOCC(N)=O)c(N)c1. The number of primary amides is 1. The fourth-order valence-corrected chi connectivity index (χ4v) is 1.15. The van der Waals surface area contributed by atoms with Gasteiger partial charge in [-0.2, -0.15) is 0 Å². The largest absolute Gasteiger partial charge is 0.396 e. The van der Waals surface area contributed by atoms with Gasteiger partial charge in [0.1, 0.15) is 12.4 Å². The number of carbonyl (C=O) groups excluding carboxylic acids is 1. The smallest absolute Gasteiger partial charge is 0.243 e. The number of aromatic nitrogens is 1. The molecule has 6 heteroatoms. The molecule has 6 nitrogen and oxygen atoms in total. The van der Waals surface area contributed by atoms with E-state index in [1.54, 1.807) is 6.20 Å². The van der Waals surface area contributed by atoms with Gasteiger partial charge in [0.25, 0.3) is 0 Å². The van der Waals surface area contributed by atoms with Crippen LogP contribution < -0.4 is 16.8 Å². The molecule has 0 unspecified atom stereocenters. The number of hydrogen-bond donors (Lipinski definition) is 3. The molecule has 0 saturated carbocycles. The minimum atomic E-state index is -0.479. The highest BCUT2D eigenvalue weighted by Gasteiger charge is 2.00. The van der Waals surface area contributed by atoms with Crippen molar-refractivity contribution in [1.29, 1.82) is 0 Å². The molecule has 1 aromatic heterocycles. The number of ether oxygens (including phenoxy) is 1. The maximum Gasteiger partial charge on any atom is 0.243 e. The lowest BCUT2D eigenvalue weighted by Crippen LogP contribution is -2.21. The number of aryl methyl sites for hydroxylation is 1. The van der Waals surface area contributed by atoms with Gasteiger partial charge in [0, 0.05) is 12.7 Å². The summed E-state index contributed by atoms with van der Waals surface area (Å²) in [5.74, 6) is 0.140. The maximum absolute atomic E-state index is 10.4. The zero-order valence-corrected chi connectivity index (χ0v) is 9.19. The van der Waals surface area contributed by atoms with Crippen LogP contribution in [-0.4, -0.2) is 30.6 Å². The molecule has 0 fully saturated rings. The van der Waals surface area contributed by atoms with Crippen LogP contribution in [0.25, 0.3) is 0 Å². The summed E-state index contributed by atoms with van der Waals surface area (Å²) in [5.41, 5.74) is 12.3. The van der Waals surface area contributed by atoms with Crippen LogP contribution in [0.2, 0.25) is 0 Å². The van der Waals surface area contributed by atoms with E-state index in [9.17, 15) is 4.79 Å². The first-order valence-electron chi connectivity index (χ1n) is 4.91. The number of nitrogens with zero attached hydrogens (tertiary/aromatic N) is 1. The highest BCUT2D eigenvalue weighted by Crippen LogP contribution is 2.14. The Hall–Kier alpha value is -1.82. The molecular formula is C10H16N4O2. The van der Waals surface area contributed by atoms with Crippen LogP contribution in [0.3, 0.4) is 0 Å². The number of nitrogens with one attached hydrogen (secondary N) is 1. The van der Waals surface area contributed by atoms with Gasteiger partial charge in [0.15, 0.2) is 0 Å². The Kier molecular flexibility index (Phi) is 4.53. The summed E-state index contributed by atoms with van der Waals surface area (Å²) in [6, 6.07) is 1.83. The van der Waals surface area contributed by atoms with Gasteiger partial charge in [0.2, 0.25) is 5.91 Å². The summed E-state index contributed by atoms with van der Waals surface area (Å²) < 4.78 is 4.97. The quantitative estimate of drug-likeness (QED) is 0.585. The van der Waals surface area contributed by atoms with Crippen molar-refractivity contribution in [2.75, 3.05) is 30.8 Å². The highest BCUT2D eigenvalue weighted by molar-refractivity contribution is 5.74. The van der Waals surface area contributed by atoms with Crippen LogP contribution in [0, 0.1) is 6.92 Å². The van der Waals surface area contributed by atoms with Crippen molar-refractivity contribution in [1.82, 2.24) is 4.98 Å². The number of anilines is 2. The van der Waals surface area contributed by atoms with E-state index in [1.165, 1.54) is 0 Å². The lowest BCUT2D eigenvalue weighted by molar-refractivity contribution is -0.122. The normalized spacial score (nSPS) is 10.1. The van der Waals surface area contributed by atoms with Gasteiger partial charge < -0.3 is 21.5 Å². The van der Waals surface area contributed by atoms with E-state index in [4.69, 9.17) is 16.2 Å². The van der Waals surface area contributed by atoms with Crippen LogP contribution in [0.4, 0.5) is 11.5 Å². The molecule has 0 bridgehead atoms. The van der Waals surface area contributed by atoms with E-state index in [0.717, 1.165) is 5.56 Å². The summed E-state index contributed by atoms with van der Waals surface area (Å²) in [6.45, 7) is 2.74. The van der Waals surface area contributed by atoms with E-state index in [2.05, 4.69) is 10.3 Å². The van der Waals surface area contributed by atoms with Gasteiger partial charge in [-0.25, -0.2) is 4.98 Å². The minimum Gasteiger partial charge on any atom is -0.396 e. The number of pyridine rings is 1. The second-order valence-corrected chi connectivity index (χ2v) is 3.40. The summed E-state index contributed by atoms with van der Waals surface area (Å²) >= 11 is 0. The summed E-state index contributed by atoms with van der Waals surface area (Å²) in [4.78, 5) is 14.5. The van der Waals surface area contributed by atoms with Crippen molar-refractivity contribution < 1.29 is 9.53 Å². The first-order chi connectivity index (χ1) is 7.59. The average molecular weight is 224 g/mol. The molecule has 0 aliphatic rings. The van der Waals surface area contributed by atoms with Crippen molar-refractivity contribution in [2.45, 2.75) is 6.92 Å². The zero-order valence-electron chi connectivity index (χ0n) is 9.19. The number of amides is 1. The Bertz CT molecular complexity index is 368. The third-order valence-corrected chi connectivity index (χ3v) is 1.84. The molecule has 0 spiro atoms. The molecule has 16 heavy (non-hydrogen) atoms. The first kappa shape index (κ1) is 12.3. The second kappa shape index (κ2) is 5.92. The average Bonchev–Trinajstić information content (AvgIpc) is 2.20. The third kappa shape index (κ3) is 4.14. The third-order valence-electron chi connectivity index (χ3n) is 1.84. The van der Waals surface area contributed by atoms with Crippen molar-refractivity contribution >= 4 is 17.4 Å². The van der Waals surface area contributed by atoms with Crippen molar-refractivity contribution in [2.24, 2.45) is 5.73 Å². The predicted octanol–water partition coefficient (Wildman–Crippen LogP) is -0.114. The van der Waals surface area contributed by atoms with Crippen molar-refractivity contribution in [3.8, 4) is 0 Å². The molecule has 0 aliphatic heterocycles. The molecule has 0 radical (unpaired) electrons. The number of rotatable bonds is 6. The minimum absolute atomic E-state index is 0.0709. The fraction of sp³-hybridized carbons (Fsp3) is 0.400. The molecule has 0 aromatic carbocycles. The van der Waals surface area contributed by atoms with E-state index in [1.807, 2.05) is 13.0 Å². The molecule has 0 atom stereocenters. The number of hydrogen-bond acceptors (Lipinski definition) is 5. The van der Waals surface area contributed by atoms with Crippen LogP contribution in [0.1, 0.15) is 5.56 Å². The molecule has 5 N–H and O–H groups in total. The van der Waals surface area contributed by atoms with Crippen LogP contribution in [0.15, 0.2) is 12.3 Å². The monoisotopic (exact) mass is 224 g/mol. The molecule has 1 amide bonds. The van der Waals surface area contributed by atoms with Gasteiger partial charge in [-0.3, -0.25) is 4.79 Å². The maximum atomic E-state index is 10.4. The number of nitrogens with two attached hydrogens (primary N) is 2. The summed E-state index contributed by atoms with van der Waals surface area (Å²) in [5, 5.41) is 3.00. The van der Waals surface area contributed by atoms with E-state index in [0.29, 0.717) is 24.7 Å². The van der Waals surface area contributed by atoms with E-state index in [-0.39, 0.29) is 6.61 Å². The molecule has 0 aliphatic carbocycles. The van der Waals surface area contributed by atoms with E-state index >= 15 is 0 Å². The van der Waals surface area contributed by atoms with E-state index < -0.39 is 5.91 Å². The molecule has 1 aromatic rings. The van der Waals surface area contributed by atoms with Gasteiger partial charge in [-0.1, -0.05) is 0 Å². The predicted molar refractivity (Wildman–Crippen MR) is 61.9 cm³/mol. The zero-order chi connectivity index (χ0) is 12.0. The Morgan fingerprint density at radius 1 is 1.62 bits per heavy atom. The van der Waals surface area contributed by atoms with Crippen LogP contribution in [0.5, 0.6) is 0 Å². The van der Waals surface area contributed by atoms with Gasteiger partial charge in [-0.15, -0.1) is 0 Å². The Balaban J connectivity index is 2.29. The Labute approximate surface area is 94.0 Å². The van der Waals surface area contributed by atoms with Gasteiger partial charge >= 0.3 is 0 Å². The second-order valence-electron chi connectivity index (χ2n) is 3.40. The van der Waals surface area contributed by atoms with Crippen molar-refractivity contribution in [3.63, 3.8) is 0 Å². The Morgan fingerprint density at radius 2 is 2.38 bits per heavy atom. The lowest BCUT2D eigenvalue weighted by atomic mass is 10.3. The van der Waals surface area contributed by atoms with Gasteiger partial charge in [0.05, 0.1) is 12.3 Å². The molecule has 1 rings (SSSR count). The fourth-order valence-electron chi connectivity index (χ4n) is 1.15. The highest BCUT2D eigenvalue weighted by atomic mass is 16.5. The summed E-state index contributed by atoms with van der Waals surface area (Å²) in [7, 11) is 0. The molecule has 0 saturated heterocycles. The molecule has 88 valence electrons. The van der Waals surface area contributed by atoms with Gasteiger partial charge in [-0.05, 0) is 18.6 Å². The topological polar surface area (TPSA) is 103 Å². The van der Waals surface area contributed by atoms with Crippen LogP contribution >= 0.6 is 0 Å². The van der Waals surface area contributed by atoms with Crippen LogP contribution in [-0.2, 0) is 9.53 Å². The number of carbonyl (C=O) groups is 1. The van der Waals surface area contributed by atoms with Crippen molar-refractivity contribution in [3.05, 3.63) is 17.8 Å². The molecule has 1 heterocycles. The summed E-state index contributed by atoms with van der Waals surface area (Å²) in [6.07, 6.45) is 1.73. The standard InChI is InChI=1S/C10H16N4O2/c1-7-4-8(11)10(14-5-7)13-2-3-16-6-9(12)15/h4-5H,2-3,6,11H2,1H3,(H2,12,15)(H,13,14).